The molecular weight excluding hydrogens is 212 g/mol. The molecular formula is C14H18N2O. The molecule has 17 heavy (non-hydrogen) atoms. The van der Waals surface area contributed by atoms with Gasteiger partial charge in [-0.3, -0.25) is 9.79 Å². The molecule has 0 aromatic carbocycles. The van der Waals surface area contributed by atoms with Gasteiger partial charge < -0.3 is 5.32 Å². The Kier molecular flexibility index (Phi) is 3.69. The Labute approximate surface area is 102 Å². The minimum absolute atomic E-state index is 0.0832. The highest BCUT2D eigenvalue weighted by molar-refractivity contribution is 6.03. The van der Waals surface area contributed by atoms with Gasteiger partial charge in [-0.15, -0.1) is 0 Å². The number of carbonyl (C=O) groups excluding carboxylic acids is 1. The van der Waals surface area contributed by atoms with Crippen molar-refractivity contribution >= 4 is 11.5 Å². The summed E-state index contributed by atoms with van der Waals surface area (Å²) < 4.78 is 0. The number of aliphatic imine (C=N–C) groups is 1. The van der Waals surface area contributed by atoms with Crippen molar-refractivity contribution in [1.29, 1.82) is 0 Å². The molecule has 1 aliphatic carbocycles. The smallest absolute Gasteiger partial charge is 0.149 e. The lowest BCUT2D eigenvalue weighted by molar-refractivity contribution is -0.120. The van der Waals surface area contributed by atoms with Crippen LogP contribution in [0.4, 0.5) is 0 Å². The van der Waals surface area contributed by atoms with Gasteiger partial charge in [0.2, 0.25) is 0 Å². The Balaban J connectivity index is 2.04. The first-order valence-electron chi connectivity index (χ1n) is 6.07. The lowest BCUT2D eigenvalue weighted by Gasteiger charge is -2.19. The molecule has 2 rings (SSSR count). The standard InChI is InChI=1S/C14H18N2O/c1-3-14(17)13(15-2)8-10-9-16-12-7-5-4-6-11(10)12/h4-7,9,11,13,15H,3,8H2,1-2H3/t11?,13-/m0/s1. The molecule has 0 saturated carbocycles. The highest BCUT2D eigenvalue weighted by atomic mass is 16.1. The third-order valence-electron chi connectivity index (χ3n) is 3.30. The Morgan fingerprint density at radius 2 is 2.35 bits per heavy atom. The van der Waals surface area contributed by atoms with Gasteiger partial charge in [0.1, 0.15) is 5.78 Å². The van der Waals surface area contributed by atoms with E-state index in [-0.39, 0.29) is 17.7 Å². The van der Waals surface area contributed by atoms with Crippen LogP contribution >= 0.6 is 0 Å². The second kappa shape index (κ2) is 5.23. The van der Waals surface area contributed by atoms with Crippen molar-refractivity contribution in [2.24, 2.45) is 10.9 Å². The number of hydrogen-bond acceptors (Lipinski definition) is 3. The van der Waals surface area contributed by atoms with Crippen molar-refractivity contribution in [2.45, 2.75) is 25.8 Å². The van der Waals surface area contributed by atoms with Gasteiger partial charge in [-0.25, -0.2) is 0 Å². The maximum Gasteiger partial charge on any atom is 0.149 e. The summed E-state index contributed by atoms with van der Waals surface area (Å²) in [5.74, 6) is 0.540. The summed E-state index contributed by atoms with van der Waals surface area (Å²) in [5, 5.41) is 3.09. The minimum Gasteiger partial charge on any atom is -0.310 e. The van der Waals surface area contributed by atoms with Gasteiger partial charge in [0.25, 0.3) is 0 Å². The van der Waals surface area contributed by atoms with Gasteiger partial charge in [-0.05, 0) is 25.1 Å². The number of rotatable bonds is 5. The molecule has 0 fully saturated rings. The number of likely N-dealkylation sites (N-methyl/N-ethyl adjacent to an activating group) is 1. The Morgan fingerprint density at radius 3 is 3.06 bits per heavy atom. The first-order valence-corrected chi connectivity index (χ1v) is 6.07. The second-order valence-corrected chi connectivity index (χ2v) is 4.34. The molecule has 90 valence electrons. The van der Waals surface area contributed by atoms with E-state index in [1.54, 1.807) is 0 Å². The van der Waals surface area contributed by atoms with E-state index < -0.39 is 0 Å². The van der Waals surface area contributed by atoms with E-state index >= 15 is 0 Å². The minimum atomic E-state index is -0.0832. The van der Waals surface area contributed by atoms with E-state index in [9.17, 15) is 4.79 Å². The van der Waals surface area contributed by atoms with Crippen molar-refractivity contribution in [1.82, 2.24) is 5.32 Å². The monoisotopic (exact) mass is 230 g/mol. The molecule has 3 heteroatoms. The molecule has 0 bridgehead atoms. The van der Waals surface area contributed by atoms with E-state index in [0.29, 0.717) is 6.42 Å². The number of hydrogen-bond donors (Lipinski definition) is 1. The first kappa shape index (κ1) is 12.0. The maximum absolute atomic E-state index is 11.7. The van der Waals surface area contributed by atoms with Crippen molar-refractivity contribution in [2.75, 3.05) is 7.05 Å². The Bertz CT molecular complexity index is 430. The highest BCUT2D eigenvalue weighted by Crippen LogP contribution is 2.28. The molecule has 0 amide bonds. The van der Waals surface area contributed by atoms with Crippen LogP contribution in [0.2, 0.25) is 0 Å². The van der Waals surface area contributed by atoms with Gasteiger partial charge in [0.15, 0.2) is 0 Å². The summed E-state index contributed by atoms with van der Waals surface area (Å²) in [6.45, 7) is 1.90. The molecule has 2 atom stereocenters. The summed E-state index contributed by atoms with van der Waals surface area (Å²) in [7, 11) is 1.84. The number of allylic oxidation sites excluding steroid dienone is 4. The number of carbonyl (C=O) groups is 1. The topological polar surface area (TPSA) is 41.5 Å². The van der Waals surface area contributed by atoms with Crippen molar-refractivity contribution in [3.63, 3.8) is 0 Å². The molecule has 1 heterocycles. The molecule has 1 N–H and O–H groups in total. The maximum atomic E-state index is 11.7. The van der Waals surface area contributed by atoms with E-state index in [1.165, 1.54) is 5.57 Å². The van der Waals surface area contributed by atoms with Crippen LogP contribution in [0.1, 0.15) is 19.8 Å². The van der Waals surface area contributed by atoms with Crippen LogP contribution in [-0.2, 0) is 4.79 Å². The number of nitrogens with zero attached hydrogens (tertiary/aromatic N) is 1. The van der Waals surface area contributed by atoms with Gasteiger partial charge in [-0.2, -0.15) is 0 Å². The normalized spacial score (nSPS) is 23.1. The van der Waals surface area contributed by atoms with Crippen molar-refractivity contribution < 1.29 is 4.79 Å². The van der Waals surface area contributed by atoms with Crippen LogP contribution in [0.25, 0.3) is 0 Å². The summed E-state index contributed by atoms with van der Waals surface area (Å²) in [6.07, 6.45) is 11.4. The molecule has 0 aromatic rings. The zero-order valence-electron chi connectivity index (χ0n) is 10.3. The zero-order chi connectivity index (χ0) is 12.3. The summed E-state index contributed by atoms with van der Waals surface area (Å²) in [6, 6.07) is -0.0832. The van der Waals surface area contributed by atoms with Crippen molar-refractivity contribution in [3.05, 3.63) is 36.1 Å². The fourth-order valence-electron chi connectivity index (χ4n) is 2.24. The molecule has 0 radical (unpaired) electrons. The summed E-state index contributed by atoms with van der Waals surface area (Å²) in [5.41, 5.74) is 2.31. The van der Waals surface area contributed by atoms with Gasteiger partial charge in [0.05, 0.1) is 11.8 Å². The Hall–Kier alpha value is -1.48. The first-order chi connectivity index (χ1) is 8.26. The summed E-state index contributed by atoms with van der Waals surface area (Å²) in [4.78, 5) is 16.1. The molecule has 0 saturated heterocycles. The van der Waals surface area contributed by atoms with Crippen LogP contribution in [0, 0.1) is 5.92 Å². The van der Waals surface area contributed by atoms with E-state index in [4.69, 9.17) is 0 Å². The highest BCUT2D eigenvalue weighted by Gasteiger charge is 2.26. The van der Waals surface area contributed by atoms with Gasteiger partial charge in [0, 0.05) is 18.5 Å². The molecule has 0 spiro atoms. The quantitative estimate of drug-likeness (QED) is 0.785. The van der Waals surface area contributed by atoms with Crippen LogP contribution < -0.4 is 5.32 Å². The predicted octanol–water partition coefficient (Wildman–Crippen LogP) is 2.02. The van der Waals surface area contributed by atoms with E-state index in [1.807, 2.05) is 38.4 Å². The van der Waals surface area contributed by atoms with Crippen molar-refractivity contribution in [3.8, 4) is 0 Å². The molecule has 1 unspecified atom stereocenters. The van der Waals surface area contributed by atoms with Gasteiger partial charge >= 0.3 is 0 Å². The number of ketones is 1. The average Bonchev–Trinajstić information content (AvgIpc) is 2.78. The number of nitrogens with one attached hydrogen (secondary N) is 1. The van der Waals surface area contributed by atoms with Crippen LogP contribution in [-0.4, -0.2) is 24.6 Å². The number of fused-ring (bicyclic) bond motifs is 1. The average molecular weight is 230 g/mol. The van der Waals surface area contributed by atoms with Crippen LogP contribution in [0.15, 0.2) is 41.1 Å². The van der Waals surface area contributed by atoms with Gasteiger partial charge in [-0.1, -0.05) is 25.2 Å². The largest absolute Gasteiger partial charge is 0.310 e. The third kappa shape index (κ3) is 2.44. The van der Waals surface area contributed by atoms with Crippen LogP contribution in [0.5, 0.6) is 0 Å². The third-order valence-corrected chi connectivity index (χ3v) is 3.30. The summed E-state index contributed by atoms with van der Waals surface area (Å²) >= 11 is 0. The van der Waals surface area contributed by atoms with Crippen LogP contribution in [0.3, 0.4) is 0 Å². The zero-order valence-corrected chi connectivity index (χ0v) is 10.3. The second-order valence-electron chi connectivity index (χ2n) is 4.34. The van der Waals surface area contributed by atoms with E-state index in [2.05, 4.69) is 16.4 Å². The fourth-order valence-corrected chi connectivity index (χ4v) is 2.24. The fraction of sp³-hybridized carbons (Fsp3) is 0.429. The molecule has 3 nitrogen and oxygen atoms in total. The molecule has 1 aliphatic heterocycles. The number of Topliss-reactive ketones (excluding diaryl/α,β-unsaturated/α-hetero) is 1. The molecule has 2 aliphatic rings. The predicted molar refractivity (Wildman–Crippen MR) is 70.1 cm³/mol. The lowest BCUT2D eigenvalue weighted by atomic mass is 9.88. The molecule has 0 aromatic heterocycles. The Morgan fingerprint density at radius 1 is 1.53 bits per heavy atom. The lowest BCUT2D eigenvalue weighted by Crippen LogP contribution is -2.34. The SMILES string of the molecule is CCC(=O)[C@H](CC1=CN=C2C=CC=CC12)NC. The van der Waals surface area contributed by atoms with E-state index in [0.717, 1.165) is 12.1 Å².